The molecule has 8 heteroatoms. The second kappa shape index (κ2) is 4.58. The summed E-state index contributed by atoms with van der Waals surface area (Å²) in [4.78, 5) is 4.68. The van der Waals surface area contributed by atoms with E-state index in [0.717, 1.165) is 0 Å². The van der Waals surface area contributed by atoms with Crippen LogP contribution in [-0.2, 0) is 19.0 Å². The van der Waals surface area contributed by atoms with Crippen LogP contribution < -0.4 is 0 Å². The van der Waals surface area contributed by atoms with Crippen LogP contribution in [0, 0.1) is 0 Å². The number of alkyl halides is 2. The van der Waals surface area contributed by atoms with Crippen molar-refractivity contribution in [1.29, 1.82) is 0 Å². The van der Waals surface area contributed by atoms with E-state index >= 15 is 0 Å². The Morgan fingerprint density at radius 2 is 2.24 bits per heavy atom. The summed E-state index contributed by atoms with van der Waals surface area (Å²) in [6.07, 6.45) is -5.56. The van der Waals surface area contributed by atoms with E-state index in [1.165, 1.54) is 7.11 Å². The predicted octanol–water partition coefficient (Wildman–Crippen LogP) is 0.475. The third-order valence-corrected chi connectivity index (χ3v) is 3.28. The molecule has 2 saturated heterocycles. The Bertz CT molecular complexity index is 305. The molecule has 2 bridgehead atoms. The van der Waals surface area contributed by atoms with Gasteiger partial charge in [0, 0.05) is 0 Å². The number of nitrogens with zero attached hydrogens (tertiary/aromatic N) is 1. The topological polar surface area (TPSA) is 49.3 Å². The van der Waals surface area contributed by atoms with E-state index in [1.807, 2.05) is 0 Å². The maximum atomic E-state index is 12.9. The molecule has 1 radical (unpaired) electrons. The van der Waals surface area contributed by atoms with E-state index in [9.17, 15) is 8.78 Å². The van der Waals surface area contributed by atoms with Crippen LogP contribution in [0.2, 0.25) is 0 Å². The summed E-state index contributed by atoms with van der Waals surface area (Å²) in [5, 5.41) is 2.96. The SMILES string of the molecule is [B]=NOC[C@]12O[C@@H](C)[C@H](OC1C(F)F)[C@@H]2OC. The van der Waals surface area contributed by atoms with Gasteiger partial charge in [-0.05, 0) is 0 Å². The molecule has 0 spiro atoms. The van der Waals surface area contributed by atoms with Gasteiger partial charge in [-0.3, -0.25) is 0 Å². The van der Waals surface area contributed by atoms with Gasteiger partial charge in [0.05, 0.1) is 0 Å². The minimum absolute atomic E-state index is 0.224. The number of fused-ring (bicyclic) bond motifs is 2. The van der Waals surface area contributed by atoms with Gasteiger partial charge >= 0.3 is 97.6 Å². The first-order valence-electron chi connectivity index (χ1n) is 5.23. The summed E-state index contributed by atoms with van der Waals surface area (Å²) in [7, 11) is 6.28. The molecule has 0 aliphatic carbocycles. The van der Waals surface area contributed by atoms with E-state index in [0.29, 0.717) is 0 Å². The number of hydrogen-bond acceptors (Lipinski definition) is 5. The van der Waals surface area contributed by atoms with Crippen LogP contribution in [0.25, 0.3) is 0 Å². The fourth-order valence-corrected chi connectivity index (χ4v) is 2.64. The second-order valence-electron chi connectivity index (χ2n) is 4.17. The number of methoxy groups -OCH3 is 1. The van der Waals surface area contributed by atoms with Gasteiger partial charge in [-0.1, -0.05) is 0 Å². The average molecular weight is 248 g/mol. The Balaban J connectivity index is 2.27. The minimum atomic E-state index is -2.69. The van der Waals surface area contributed by atoms with E-state index in [-0.39, 0.29) is 12.7 Å². The van der Waals surface area contributed by atoms with Crippen LogP contribution >= 0.6 is 0 Å². The zero-order chi connectivity index (χ0) is 12.6. The van der Waals surface area contributed by atoms with E-state index in [2.05, 4.69) is 9.90 Å². The van der Waals surface area contributed by atoms with E-state index in [1.54, 1.807) is 6.92 Å². The normalized spacial score (nSPS) is 44.2. The van der Waals surface area contributed by atoms with Crippen molar-refractivity contribution in [3.05, 3.63) is 0 Å². The van der Waals surface area contributed by atoms with Crippen molar-refractivity contribution in [2.24, 2.45) is 5.06 Å². The molecule has 0 aromatic carbocycles. The zero-order valence-corrected chi connectivity index (χ0v) is 9.51. The van der Waals surface area contributed by atoms with E-state index < -0.39 is 30.3 Å². The van der Waals surface area contributed by atoms with Crippen molar-refractivity contribution in [2.45, 2.75) is 43.4 Å². The Morgan fingerprint density at radius 1 is 1.53 bits per heavy atom. The molecular formula is C9H13BF2NO4. The van der Waals surface area contributed by atoms with Gasteiger partial charge in [0.2, 0.25) is 0 Å². The Morgan fingerprint density at radius 3 is 2.76 bits per heavy atom. The number of rotatable bonds is 5. The summed E-state index contributed by atoms with van der Waals surface area (Å²) in [6.45, 7) is 1.51. The van der Waals surface area contributed by atoms with Crippen LogP contribution in [0.5, 0.6) is 0 Å². The van der Waals surface area contributed by atoms with Gasteiger partial charge in [0.25, 0.3) is 0 Å². The molecule has 2 rings (SSSR count). The molecule has 2 fully saturated rings. The van der Waals surface area contributed by atoms with Crippen molar-refractivity contribution in [2.75, 3.05) is 13.7 Å². The second-order valence-corrected chi connectivity index (χ2v) is 4.17. The summed E-state index contributed by atoms with van der Waals surface area (Å²) in [5.41, 5.74) is -1.35. The van der Waals surface area contributed by atoms with Crippen LogP contribution in [0.3, 0.4) is 0 Å². The Hall–Kier alpha value is -0.595. The summed E-state index contributed by atoms with van der Waals surface area (Å²) in [5.74, 6) is 0. The van der Waals surface area contributed by atoms with Crippen molar-refractivity contribution in [3.63, 3.8) is 0 Å². The van der Waals surface area contributed by atoms with Gasteiger partial charge in [-0.15, -0.1) is 0 Å². The van der Waals surface area contributed by atoms with Gasteiger partial charge in [0.15, 0.2) is 0 Å². The number of ether oxygens (including phenoxy) is 3. The van der Waals surface area contributed by atoms with Crippen molar-refractivity contribution < 1.29 is 27.8 Å². The number of halogens is 2. The van der Waals surface area contributed by atoms with Crippen LogP contribution in [0.15, 0.2) is 5.06 Å². The molecule has 0 saturated carbocycles. The monoisotopic (exact) mass is 248 g/mol. The molecule has 0 aromatic heterocycles. The fraction of sp³-hybridized carbons (Fsp3) is 1.00. The fourth-order valence-electron chi connectivity index (χ4n) is 2.64. The molecule has 0 N–H and O–H groups in total. The van der Waals surface area contributed by atoms with E-state index in [4.69, 9.17) is 21.8 Å². The molecule has 2 aliphatic rings. The number of hydrogen-bond donors (Lipinski definition) is 0. The molecule has 5 atom stereocenters. The van der Waals surface area contributed by atoms with Gasteiger partial charge in [-0.25, -0.2) is 0 Å². The standard InChI is InChI=1S/C9H13BF2NO4/c1-4-5-6(14-2)9(17-4,3-15-13-10)7(16-5)8(11)12/h4-8H,3H2,1-2H3/t4-,5-,6-,7?,9+/m0/s1. The van der Waals surface area contributed by atoms with Crippen molar-refractivity contribution in [1.82, 2.24) is 0 Å². The third-order valence-electron chi connectivity index (χ3n) is 3.28. The van der Waals surface area contributed by atoms with Crippen LogP contribution in [0.4, 0.5) is 8.78 Å². The first-order chi connectivity index (χ1) is 8.06. The summed E-state index contributed by atoms with van der Waals surface area (Å²) < 4.78 is 41.9. The molecule has 2 heterocycles. The molecule has 17 heavy (non-hydrogen) atoms. The van der Waals surface area contributed by atoms with Crippen LogP contribution in [-0.4, -0.2) is 57.8 Å². The van der Waals surface area contributed by atoms with Gasteiger partial charge in [-0.2, -0.15) is 0 Å². The predicted molar refractivity (Wildman–Crippen MR) is 52.9 cm³/mol. The summed E-state index contributed by atoms with van der Waals surface area (Å²) >= 11 is 0. The molecule has 95 valence electrons. The molecular weight excluding hydrogens is 235 g/mol. The Labute approximate surface area is 98.4 Å². The molecule has 2 aliphatic heterocycles. The van der Waals surface area contributed by atoms with Crippen LogP contribution in [0.1, 0.15) is 6.92 Å². The van der Waals surface area contributed by atoms with Gasteiger partial charge in [0.1, 0.15) is 0 Å². The van der Waals surface area contributed by atoms with Crippen molar-refractivity contribution in [3.8, 4) is 0 Å². The Kier molecular flexibility index (Phi) is 3.47. The molecule has 0 amide bonds. The average Bonchev–Trinajstić information content (AvgIpc) is 2.74. The maximum absolute atomic E-state index is 12.9. The van der Waals surface area contributed by atoms with Gasteiger partial charge < -0.3 is 0 Å². The third kappa shape index (κ3) is 1.78. The van der Waals surface area contributed by atoms with Crippen molar-refractivity contribution >= 4 is 7.64 Å². The summed E-state index contributed by atoms with van der Waals surface area (Å²) in [6, 6.07) is 0. The first-order valence-corrected chi connectivity index (χ1v) is 5.23. The molecule has 0 aromatic rings. The first kappa shape index (κ1) is 12.9. The molecule has 1 unspecified atom stereocenters. The zero-order valence-electron chi connectivity index (χ0n) is 9.51. The molecule has 5 nitrogen and oxygen atoms in total. The quantitative estimate of drug-likeness (QED) is 0.524.